The number of carbonyl (C=O) groups is 1. The Balaban J connectivity index is 2.15. The van der Waals surface area contributed by atoms with E-state index in [2.05, 4.69) is 15.6 Å². The van der Waals surface area contributed by atoms with E-state index in [1.165, 1.54) is 0 Å². The highest BCUT2D eigenvalue weighted by atomic mass is 16.2. The second-order valence-corrected chi connectivity index (χ2v) is 4.40. The minimum atomic E-state index is -0.515. The molecule has 2 aromatic carbocycles. The highest BCUT2D eigenvalue weighted by Crippen LogP contribution is 2.11. The van der Waals surface area contributed by atoms with Gasteiger partial charge in [0.15, 0.2) is 0 Å². The normalized spacial score (nSPS) is 10.5. The fraction of sp³-hybridized carbons (Fsp3) is 0.133. The molecule has 0 bridgehead atoms. The van der Waals surface area contributed by atoms with Gasteiger partial charge in [0.05, 0.1) is 0 Å². The molecule has 6 nitrogen and oxygen atoms in total. The van der Waals surface area contributed by atoms with Crippen molar-refractivity contribution in [2.75, 3.05) is 0 Å². The van der Waals surface area contributed by atoms with Crippen LogP contribution in [-0.2, 0) is 13.1 Å². The third-order valence-corrected chi connectivity index (χ3v) is 2.88. The molecule has 0 aromatic heterocycles. The number of hydrogen-bond donors (Lipinski definition) is 1. The number of nitrogens with zero attached hydrogens (tertiary/aromatic N) is 4. The van der Waals surface area contributed by atoms with Gasteiger partial charge in [-0.05, 0) is 21.6 Å². The minimum Gasteiger partial charge on any atom is -0.313 e. The third kappa shape index (κ3) is 4.61. The quantitative estimate of drug-likeness (QED) is 0.646. The lowest BCUT2D eigenvalue weighted by Crippen LogP contribution is -2.27. The van der Waals surface area contributed by atoms with E-state index in [-0.39, 0.29) is 0 Å². The monoisotopic (exact) mass is 281 g/mol. The van der Waals surface area contributed by atoms with Gasteiger partial charge in [0.1, 0.15) is 0 Å². The fourth-order valence-electron chi connectivity index (χ4n) is 1.92. The molecule has 0 radical (unpaired) electrons. The maximum absolute atomic E-state index is 12.0. The first-order valence-electron chi connectivity index (χ1n) is 6.44. The van der Waals surface area contributed by atoms with Crippen molar-refractivity contribution in [3.05, 3.63) is 71.8 Å². The van der Waals surface area contributed by atoms with Crippen molar-refractivity contribution in [1.29, 1.82) is 5.53 Å². The van der Waals surface area contributed by atoms with Gasteiger partial charge in [0.25, 0.3) is 0 Å². The van der Waals surface area contributed by atoms with Crippen molar-refractivity contribution in [2.24, 2.45) is 15.6 Å². The van der Waals surface area contributed by atoms with Crippen LogP contribution in [0.5, 0.6) is 0 Å². The molecule has 2 aromatic rings. The van der Waals surface area contributed by atoms with Crippen LogP contribution in [0.25, 0.3) is 0 Å². The summed E-state index contributed by atoms with van der Waals surface area (Å²) in [5.74, 6) is 0. The number of carbonyl (C=O) groups excluding carboxylic acids is 1. The Labute approximate surface area is 122 Å². The van der Waals surface area contributed by atoms with Gasteiger partial charge in [-0.3, -0.25) is 0 Å². The number of urea groups is 1. The first-order chi connectivity index (χ1) is 10.3. The van der Waals surface area contributed by atoms with Crippen LogP contribution >= 0.6 is 0 Å². The van der Waals surface area contributed by atoms with E-state index in [0.717, 1.165) is 11.1 Å². The standard InChI is InChI=1S/C15H15N5O/c16-18-19-17-15(21)20(11-13-7-3-1-4-8-13)12-14-9-5-2-6-10-14/h1-10,16H,11-12H2. The van der Waals surface area contributed by atoms with Gasteiger partial charge >= 0.3 is 6.03 Å². The molecule has 2 rings (SSSR count). The predicted molar refractivity (Wildman–Crippen MR) is 77.5 cm³/mol. The molecule has 0 atom stereocenters. The zero-order valence-corrected chi connectivity index (χ0v) is 11.4. The summed E-state index contributed by atoms with van der Waals surface area (Å²) in [5.41, 5.74) is 8.57. The third-order valence-electron chi connectivity index (χ3n) is 2.88. The second-order valence-electron chi connectivity index (χ2n) is 4.40. The first kappa shape index (κ1) is 14.5. The van der Waals surface area contributed by atoms with E-state index in [4.69, 9.17) is 5.53 Å². The summed E-state index contributed by atoms with van der Waals surface area (Å²) in [4.78, 5) is 13.6. The van der Waals surface area contributed by atoms with Crippen molar-refractivity contribution >= 4 is 6.03 Å². The number of rotatable bonds is 5. The van der Waals surface area contributed by atoms with Gasteiger partial charge in [0.2, 0.25) is 0 Å². The van der Waals surface area contributed by atoms with E-state index >= 15 is 0 Å². The maximum Gasteiger partial charge on any atom is 0.364 e. The fourth-order valence-corrected chi connectivity index (χ4v) is 1.92. The number of hydrogen-bond acceptors (Lipinski definition) is 2. The van der Waals surface area contributed by atoms with Crippen LogP contribution in [0.15, 0.2) is 76.2 Å². The molecule has 0 saturated heterocycles. The predicted octanol–water partition coefficient (Wildman–Crippen LogP) is 4.21. The van der Waals surface area contributed by atoms with Gasteiger partial charge in [-0.25, -0.2) is 4.79 Å². The van der Waals surface area contributed by atoms with Gasteiger partial charge < -0.3 is 4.90 Å². The molecule has 0 heterocycles. The van der Waals surface area contributed by atoms with E-state index in [1.54, 1.807) is 4.90 Å². The van der Waals surface area contributed by atoms with Crippen molar-refractivity contribution < 1.29 is 4.79 Å². The summed E-state index contributed by atoms with van der Waals surface area (Å²) in [6, 6.07) is 18.8. The SMILES string of the molecule is N=NN=NC(=O)N(Cc1ccccc1)Cc1ccccc1. The number of nitrogens with one attached hydrogen (secondary N) is 1. The lowest BCUT2D eigenvalue weighted by molar-refractivity contribution is 0.200. The van der Waals surface area contributed by atoms with Crippen LogP contribution in [0, 0.1) is 5.53 Å². The molecule has 2 amide bonds. The molecular weight excluding hydrogens is 266 g/mol. The highest BCUT2D eigenvalue weighted by molar-refractivity contribution is 5.74. The maximum atomic E-state index is 12.0. The molecule has 0 aliphatic rings. The van der Waals surface area contributed by atoms with Gasteiger partial charge in [0, 0.05) is 13.1 Å². The largest absolute Gasteiger partial charge is 0.364 e. The van der Waals surface area contributed by atoms with Crippen LogP contribution in [-0.4, -0.2) is 10.9 Å². The number of benzene rings is 2. The molecule has 0 fully saturated rings. The summed E-state index contributed by atoms with van der Waals surface area (Å²) in [5, 5.41) is 9.23. The van der Waals surface area contributed by atoms with Crippen molar-refractivity contribution in [1.82, 2.24) is 4.90 Å². The second kappa shape index (κ2) is 7.64. The van der Waals surface area contributed by atoms with Crippen molar-refractivity contribution in [2.45, 2.75) is 13.1 Å². The summed E-state index contributed by atoms with van der Waals surface area (Å²) >= 11 is 0. The average molecular weight is 281 g/mol. The first-order valence-corrected chi connectivity index (χ1v) is 6.44. The van der Waals surface area contributed by atoms with Gasteiger partial charge in [-0.15, -0.1) is 0 Å². The molecule has 0 aliphatic heterocycles. The zero-order chi connectivity index (χ0) is 14.9. The summed E-state index contributed by atoms with van der Waals surface area (Å²) in [6.45, 7) is 0.844. The van der Waals surface area contributed by atoms with Crippen molar-refractivity contribution in [3.8, 4) is 0 Å². The molecule has 0 aliphatic carbocycles. The molecule has 0 spiro atoms. The Kier molecular flexibility index (Phi) is 5.28. The van der Waals surface area contributed by atoms with E-state index in [9.17, 15) is 4.79 Å². The topological polar surface area (TPSA) is 81.2 Å². The lowest BCUT2D eigenvalue weighted by atomic mass is 10.2. The zero-order valence-electron chi connectivity index (χ0n) is 11.4. The highest BCUT2D eigenvalue weighted by Gasteiger charge is 2.14. The molecule has 0 unspecified atom stereocenters. The van der Waals surface area contributed by atoms with E-state index < -0.39 is 6.03 Å². The molecule has 1 N–H and O–H groups in total. The van der Waals surface area contributed by atoms with E-state index in [0.29, 0.717) is 13.1 Å². The van der Waals surface area contributed by atoms with Gasteiger partial charge in [-0.1, -0.05) is 65.8 Å². The van der Waals surface area contributed by atoms with Crippen LogP contribution in [0.2, 0.25) is 0 Å². The molecular formula is C15H15N5O. The Hall–Kier alpha value is -2.89. The average Bonchev–Trinajstić information content (AvgIpc) is 2.54. The smallest absolute Gasteiger partial charge is 0.313 e. The molecule has 21 heavy (non-hydrogen) atoms. The molecule has 0 saturated carbocycles. The lowest BCUT2D eigenvalue weighted by Gasteiger charge is -2.20. The number of amides is 2. The van der Waals surface area contributed by atoms with E-state index in [1.807, 2.05) is 60.7 Å². The molecule has 6 heteroatoms. The summed E-state index contributed by atoms with van der Waals surface area (Å²) < 4.78 is 0. The van der Waals surface area contributed by atoms with Crippen LogP contribution in [0.4, 0.5) is 4.79 Å². The summed E-state index contributed by atoms with van der Waals surface area (Å²) in [6.07, 6.45) is 0. The van der Waals surface area contributed by atoms with Crippen LogP contribution < -0.4 is 0 Å². The Bertz CT molecular complexity index is 571. The Morgan fingerprint density at radius 2 is 1.38 bits per heavy atom. The van der Waals surface area contributed by atoms with Crippen molar-refractivity contribution in [3.63, 3.8) is 0 Å². The molecule has 106 valence electrons. The van der Waals surface area contributed by atoms with Crippen LogP contribution in [0.1, 0.15) is 11.1 Å². The summed E-state index contributed by atoms with van der Waals surface area (Å²) in [7, 11) is 0. The Morgan fingerprint density at radius 3 is 1.81 bits per heavy atom. The van der Waals surface area contributed by atoms with Gasteiger partial charge in [-0.2, -0.15) is 5.53 Å². The minimum absolute atomic E-state index is 0.422. The Morgan fingerprint density at radius 1 is 0.905 bits per heavy atom. The van der Waals surface area contributed by atoms with Crippen LogP contribution in [0.3, 0.4) is 0 Å².